The van der Waals surface area contributed by atoms with Crippen molar-refractivity contribution in [3.8, 4) is 22.6 Å². The minimum Gasteiger partial charge on any atom is -0.354 e. The number of nitrogens with one attached hydrogen (secondary N) is 2. The van der Waals surface area contributed by atoms with E-state index in [2.05, 4.69) is 21.6 Å². The number of benzene rings is 1. The molecule has 0 aliphatic heterocycles. The van der Waals surface area contributed by atoms with Gasteiger partial charge in [0.1, 0.15) is 5.69 Å². The largest absolute Gasteiger partial charge is 0.354 e. The number of nitrogens with zero attached hydrogens (tertiary/aromatic N) is 4. The van der Waals surface area contributed by atoms with Crippen molar-refractivity contribution in [2.75, 3.05) is 18.4 Å². The summed E-state index contributed by atoms with van der Waals surface area (Å²) >= 11 is 1.57. The molecule has 186 valence electrons. The first-order chi connectivity index (χ1) is 17.4. The van der Waals surface area contributed by atoms with Gasteiger partial charge in [-0.05, 0) is 32.4 Å². The molecule has 0 unspecified atom stereocenters. The lowest BCUT2D eigenvalue weighted by Gasteiger charge is -2.09. The van der Waals surface area contributed by atoms with E-state index in [0.717, 1.165) is 33.2 Å². The lowest BCUT2D eigenvalue weighted by molar-refractivity contribution is 0.587. The van der Waals surface area contributed by atoms with Gasteiger partial charge in [-0.1, -0.05) is 54.6 Å². The first-order valence-electron chi connectivity index (χ1n) is 11.5. The fourth-order valence-electron chi connectivity index (χ4n) is 3.40. The van der Waals surface area contributed by atoms with Crippen LogP contribution in [0.25, 0.3) is 27.6 Å². The van der Waals surface area contributed by atoms with Crippen molar-refractivity contribution in [3.63, 3.8) is 0 Å². The van der Waals surface area contributed by atoms with Gasteiger partial charge in [-0.15, -0.1) is 11.3 Å². The van der Waals surface area contributed by atoms with Crippen LogP contribution in [0, 0.1) is 0 Å². The quantitative estimate of drug-likeness (QED) is 0.206. The number of anilines is 1. The average Bonchev–Trinajstić information content (AvgIpc) is 3.49. The van der Waals surface area contributed by atoms with Crippen LogP contribution in [0.5, 0.6) is 0 Å². The Morgan fingerprint density at radius 1 is 1.14 bits per heavy atom. The van der Waals surface area contributed by atoms with Gasteiger partial charge >= 0.3 is 0 Å². The standard InChI is InChI=1S/C26H28N6O2S2/c1-4-19(2)11-12-20(3)36(33,34)29-15-8-14-27-25-28-16-13-22(30-25)24-23(21-9-6-5-7-10-21)31-26-32(24)17-18-35-26/h4-7,9-13,16-18,29H,3,8,14-15H2,1-2H3,(H,27,28,30)/b12-11-,19-4-. The van der Waals surface area contributed by atoms with Gasteiger partial charge in [-0.25, -0.2) is 28.1 Å². The van der Waals surface area contributed by atoms with Crippen LogP contribution in [0.1, 0.15) is 20.3 Å². The van der Waals surface area contributed by atoms with Crippen molar-refractivity contribution >= 4 is 32.3 Å². The maximum Gasteiger partial charge on any atom is 0.239 e. The molecule has 3 heterocycles. The smallest absolute Gasteiger partial charge is 0.239 e. The summed E-state index contributed by atoms with van der Waals surface area (Å²) in [5, 5.41) is 5.18. The van der Waals surface area contributed by atoms with E-state index in [-0.39, 0.29) is 11.4 Å². The second-order valence-corrected chi connectivity index (χ2v) is 10.7. The lowest BCUT2D eigenvalue weighted by Crippen LogP contribution is -2.26. The number of aromatic nitrogens is 4. The Morgan fingerprint density at radius 2 is 1.94 bits per heavy atom. The van der Waals surface area contributed by atoms with Gasteiger partial charge in [-0.2, -0.15) is 0 Å². The van der Waals surface area contributed by atoms with E-state index in [4.69, 9.17) is 9.97 Å². The zero-order valence-electron chi connectivity index (χ0n) is 20.2. The van der Waals surface area contributed by atoms with E-state index in [1.54, 1.807) is 23.6 Å². The third-order valence-electron chi connectivity index (χ3n) is 5.47. The van der Waals surface area contributed by atoms with Gasteiger partial charge in [-0.3, -0.25) is 4.40 Å². The molecule has 4 rings (SSSR count). The molecular weight excluding hydrogens is 492 g/mol. The minimum atomic E-state index is -3.62. The molecule has 0 spiro atoms. The normalized spacial score (nSPS) is 12.4. The number of sulfonamides is 1. The molecule has 0 atom stereocenters. The Morgan fingerprint density at radius 3 is 2.72 bits per heavy atom. The van der Waals surface area contributed by atoms with Crippen molar-refractivity contribution in [1.82, 2.24) is 24.1 Å². The van der Waals surface area contributed by atoms with Crippen LogP contribution in [0.4, 0.5) is 5.95 Å². The van der Waals surface area contributed by atoms with Gasteiger partial charge in [0.2, 0.25) is 16.0 Å². The van der Waals surface area contributed by atoms with Crippen molar-refractivity contribution in [3.05, 3.63) is 89.5 Å². The number of thiazole rings is 1. The Kier molecular flexibility index (Phi) is 8.09. The predicted octanol–water partition coefficient (Wildman–Crippen LogP) is 5.28. The van der Waals surface area contributed by atoms with E-state index in [1.807, 2.05) is 72.3 Å². The van der Waals surface area contributed by atoms with Crippen LogP contribution in [0.2, 0.25) is 0 Å². The number of imidazole rings is 1. The number of hydrogen-bond donors (Lipinski definition) is 2. The van der Waals surface area contributed by atoms with Crippen LogP contribution in [0.3, 0.4) is 0 Å². The molecule has 0 saturated carbocycles. The van der Waals surface area contributed by atoms with Gasteiger partial charge in [0.25, 0.3) is 0 Å². The topological polar surface area (TPSA) is 101 Å². The van der Waals surface area contributed by atoms with Crippen molar-refractivity contribution in [2.24, 2.45) is 0 Å². The number of rotatable bonds is 11. The molecule has 8 nitrogen and oxygen atoms in total. The molecule has 4 aromatic rings. The lowest BCUT2D eigenvalue weighted by atomic mass is 10.1. The van der Waals surface area contributed by atoms with Crippen LogP contribution in [-0.4, -0.2) is 40.9 Å². The van der Waals surface area contributed by atoms with Crippen LogP contribution < -0.4 is 10.0 Å². The number of hydrogen-bond acceptors (Lipinski definition) is 7. The van der Waals surface area contributed by atoms with E-state index < -0.39 is 10.0 Å². The Bertz CT molecular complexity index is 1520. The highest BCUT2D eigenvalue weighted by atomic mass is 32.2. The molecule has 0 radical (unpaired) electrons. The zero-order chi connectivity index (χ0) is 25.5. The van der Waals surface area contributed by atoms with Gasteiger partial charge in [0.15, 0.2) is 4.96 Å². The van der Waals surface area contributed by atoms with Gasteiger partial charge in [0, 0.05) is 36.4 Å². The molecule has 0 fully saturated rings. The van der Waals surface area contributed by atoms with E-state index >= 15 is 0 Å². The molecule has 2 N–H and O–H groups in total. The van der Waals surface area contributed by atoms with Gasteiger partial charge in [0.05, 0.1) is 16.3 Å². The van der Waals surface area contributed by atoms with E-state index in [9.17, 15) is 8.42 Å². The summed E-state index contributed by atoms with van der Waals surface area (Å²) < 4.78 is 29.3. The molecule has 36 heavy (non-hydrogen) atoms. The highest BCUT2D eigenvalue weighted by Gasteiger charge is 2.18. The number of fused-ring (bicyclic) bond motifs is 1. The Labute approximate surface area is 215 Å². The highest BCUT2D eigenvalue weighted by molar-refractivity contribution is 7.93. The molecule has 0 aliphatic rings. The molecule has 0 aliphatic carbocycles. The SMILES string of the molecule is C=C(/C=C\C(C)=C/C)S(=O)(=O)NCCCNc1nccc(-c2c(-c3ccccc3)nc3sccn23)n1. The molecule has 0 amide bonds. The van der Waals surface area contributed by atoms with Gasteiger partial charge < -0.3 is 5.32 Å². The van der Waals surface area contributed by atoms with E-state index in [0.29, 0.717) is 18.9 Å². The summed E-state index contributed by atoms with van der Waals surface area (Å²) in [6.45, 7) is 8.20. The average molecular weight is 521 g/mol. The second-order valence-electron chi connectivity index (χ2n) is 8.01. The van der Waals surface area contributed by atoms with E-state index in [1.165, 1.54) is 6.08 Å². The summed E-state index contributed by atoms with van der Waals surface area (Å²) in [5.74, 6) is 0.466. The Balaban J connectivity index is 1.40. The van der Waals surface area contributed by atoms with Crippen molar-refractivity contribution in [1.29, 1.82) is 0 Å². The summed E-state index contributed by atoms with van der Waals surface area (Å²) in [4.78, 5) is 14.8. The maximum atomic E-state index is 12.3. The first kappa shape index (κ1) is 25.5. The maximum absolute atomic E-state index is 12.3. The molecule has 1 aromatic carbocycles. The van der Waals surface area contributed by atoms with Crippen LogP contribution in [-0.2, 0) is 10.0 Å². The summed E-state index contributed by atoms with van der Waals surface area (Å²) in [7, 11) is -3.62. The fourth-order valence-corrected chi connectivity index (χ4v) is 4.96. The third-order valence-corrected chi connectivity index (χ3v) is 7.64. The van der Waals surface area contributed by atoms with Crippen LogP contribution in [0.15, 0.2) is 89.5 Å². The highest BCUT2D eigenvalue weighted by Crippen LogP contribution is 2.33. The second kappa shape index (κ2) is 11.4. The van der Waals surface area contributed by atoms with Crippen molar-refractivity contribution < 1.29 is 8.42 Å². The molecule has 0 saturated heterocycles. The number of allylic oxidation sites excluding steroid dienone is 4. The summed E-state index contributed by atoms with van der Waals surface area (Å²) in [6.07, 6.45) is 9.36. The minimum absolute atomic E-state index is 0.0301. The monoisotopic (exact) mass is 520 g/mol. The zero-order valence-corrected chi connectivity index (χ0v) is 21.8. The molecular formula is C26H28N6O2S2. The molecule has 10 heteroatoms. The van der Waals surface area contributed by atoms with Crippen LogP contribution >= 0.6 is 11.3 Å². The molecule has 3 aromatic heterocycles. The summed E-state index contributed by atoms with van der Waals surface area (Å²) in [6, 6.07) is 11.9. The third kappa shape index (κ3) is 5.96. The van der Waals surface area contributed by atoms with Crippen molar-refractivity contribution in [2.45, 2.75) is 20.3 Å². The first-order valence-corrected chi connectivity index (χ1v) is 13.8. The molecule has 0 bridgehead atoms. The Hall–Kier alpha value is -3.60. The summed E-state index contributed by atoms with van der Waals surface area (Å²) in [5.41, 5.74) is 4.48. The predicted molar refractivity (Wildman–Crippen MR) is 147 cm³/mol. The fraction of sp³-hybridized carbons (Fsp3) is 0.192.